The van der Waals surface area contributed by atoms with Crippen LogP contribution in [0.1, 0.15) is 22.3 Å². The molecule has 27 heavy (non-hydrogen) atoms. The highest BCUT2D eigenvalue weighted by Crippen LogP contribution is 2.20. The molecule has 0 aliphatic carbocycles. The molecule has 0 unspecified atom stereocenters. The van der Waals surface area contributed by atoms with Crippen LogP contribution in [0.3, 0.4) is 0 Å². The van der Waals surface area contributed by atoms with E-state index in [1.807, 2.05) is 32.0 Å². The monoisotopic (exact) mass is 389 g/mol. The molecule has 0 aromatic heterocycles. The minimum atomic E-state index is -3.42. The van der Waals surface area contributed by atoms with Gasteiger partial charge in [0.15, 0.2) is 0 Å². The summed E-state index contributed by atoms with van der Waals surface area (Å²) in [5.41, 5.74) is 4.50. The van der Waals surface area contributed by atoms with E-state index < -0.39 is 10.0 Å². The van der Waals surface area contributed by atoms with E-state index in [0.29, 0.717) is 18.0 Å². The van der Waals surface area contributed by atoms with Crippen molar-refractivity contribution in [1.29, 1.82) is 0 Å². The van der Waals surface area contributed by atoms with E-state index in [2.05, 4.69) is 13.0 Å². The molecule has 5 nitrogen and oxygen atoms in total. The molecule has 146 valence electrons. The highest BCUT2D eigenvalue weighted by Gasteiger charge is 2.30. The smallest absolute Gasteiger partial charge is 0.243 e. The number of rotatable bonds is 5. The number of hydrogen-bond donors (Lipinski definition) is 1. The maximum atomic E-state index is 13.0. The van der Waals surface area contributed by atoms with Gasteiger partial charge in [-0.2, -0.15) is 4.31 Å². The molecule has 2 aromatic rings. The summed E-state index contributed by atoms with van der Waals surface area (Å²) in [6.45, 7) is 9.54. The Labute approximate surface area is 162 Å². The lowest BCUT2D eigenvalue weighted by Crippen LogP contribution is -3.13. The van der Waals surface area contributed by atoms with E-state index in [4.69, 9.17) is 4.74 Å². The average molecular weight is 390 g/mol. The van der Waals surface area contributed by atoms with Crippen LogP contribution in [-0.2, 0) is 16.6 Å². The van der Waals surface area contributed by atoms with Gasteiger partial charge in [-0.25, -0.2) is 8.42 Å². The van der Waals surface area contributed by atoms with Crippen molar-refractivity contribution < 1.29 is 18.1 Å². The number of benzene rings is 2. The van der Waals surface area contributed by atoms with Gasteiger partial charge in [-0.1, -0.05) is 17.7 Å². The molecule has 0 spiro atoms. The standard InChI is InChI=1S/C21H28N2O3S/c1-16-5-8-21(26-4)19(13-16)15-22-9-11-23(12-10-22)27(24,25)20-7-6-17(2)18(3)14-20/h5-8,13-14H,9-12,15H2,1-4H3/p+1. The Balaban J connectivity index is 1.68. The van der Waals surface area contributed by atoms with Crippen molar-refractivity contribution >= 4 is 10.0 Å². The number of nitrogens with one attached hydrogen (secondary N) is 1. The average Bonchev–Trinajstić information content (AvgIpc) is 2.64. The minimum Gasteiger partial charge on any atom is -0.496 e. The summed E-state index contributed by atoms with van der Waals surface area (Å²) >= 11 is 0. The van der Waals surface area contributed by atoms with Crippen LogP contribution >= 0.6 is 0 Å². The first-order chi connectivity index (χ1) is 12.8. The van der Waals surface area contributed by atoms with E-state index in [1.165, 1.54) is 16.0 Å². The Kier molecular flexibility index (Phi) is 5.89. The van der Waals surface area contributed by atoms with Crippen LogP contribution in [0.25, 0.3) is 0 Å². The topological polar surface area (TPSA) is 51.1 Å². The van der Waals surface area contributed by atoms with Gasteiger partial charge in [-0.3, -0.25) is 0 Å². The second-order valence-electron chi connectivity index (χ2n) is 7.39. The van der Waals surface area contributed by atoms with Crippen molar-refractivity contribution in [1.82, 2.24) is 4.31 Å². The molecule has 1 aliphatic heterocycles. The Hall–Kier alpha value is -1.89. The molecule has 0 saturated carbocycles. The third-order valence-electron chi connectivity index (χ3n) is 5.42. The fraction of sp³-hybridized carbons (Fsp3) is 0.429. The van der Waals surface area contributed by atoms with E-state index in [1.54, 1.807) is 23.5 Å². The van der Waals surface area contributed by atoms with Crippen molar-refractivity contribution in [2.45, 2.75) is 32.2 Å². The molecular weight excluding hydrogens is 360 g/mol. The largest absolute Gasteiger partial charge is 0.496 e. The third kappa shape index (κ3) is 4.34. The zero-order chi connectivity index (χ0) is 19.6. The molecule has 1 N–H and O–H groups in total. The normalized spacial score (nSPS) is 16.4. The second kappa shape index (κ2) is 8.00. The number of ether oxygens (including phenoxy) is 1. The van der Waals surface area contributed by atoms with Crippen LogP contribution in [0, 0.1) is 20.8 Å². The number of piperazine rings is 1. The van der Waals surface area contributed by atoms with Crippen LogP contribution in [-0.4, -0.2) is 46.0 Å². The number of hydrogen-bond acceptors (Lipinski definition) is 3. The van der Waals surface area contributed by atoms with E-state index in [-0.39, 0.29) is 0 Å². The molecule has 3 rings (SSSR count). The van der Waals surface area contributed by atoms with Crippen molar-refractivity contribution in [3.8, 4) is 5.75 Å². The van der Waals surface area contributed by atoms with Gasteiger partial charge in [0, 0.05) is 5.56 Å². The number of methoxy groups -OCH3 is 1. The molecule has 0 amide bonds. The van der Waals surface area contributed by atoms with Crippen molar-refractivity contribution in [3.05, 3.63) is 58.7 Å². The van der Waals surface area contributed by atoms with Gasteiger partial charge >= 0.3 is 0 Å². The molecule has 1 aliphatic rings. The van der Waals surface area contributed by atoms with Crippen molar-refractivity contribution in [2.24, 2.45) is 0 Å². The first-order valence-corrected chi connectivity index (χ1v) is 10.8. The Bertz CT molecular complexity index is 917. The van der Waals surface area contributed by atoms with Crippen LogP contribution in [0.4, 0.5) is 0 Å². The molecule has 1 fully saturated rings. The SMILES string of the molecule is COc1ccc(C)cc1C[NH+]1CCN(S(=O)(=O)c2ccc(C)c(C)c2)CC1. The minimum absolute atomic E-state index is 0.398. The van der Waals surface area contributed by atoms with Gasteiger partial charge < -0.3 is 9.64 Å². The summed E-state index contributed by atoms with van der Waals surface area (Å²) in [4.78, 5) is 1.78. The summed E-state index contributed by atoms with van der Waals surface area (Å²) in [6, 6.07) is 11.6. The molecule has 6 heteroatoms. The lowest BCUT2D eigenvalue weighted by atomic mass is 10.1. The van der Waals surface area contributed by atoms with Crippen LogP contribution in [0.5, 0.6) is 5.75 Å². The summed E-state index contributed by atoms with van der Waals surface area (Å²) in [7, 11) is -1.73. The maximum absolute atomic E-state index is 13.0. The predicted molar refractivity (Wildman–Crippen MR) is 107 cm³/mol. The first-order valence-electron chi connectivity index (χ1n) is 9.36. The van der Waals surface area contributed by atoms with E-state index in [0.717, 1.165) is 36.5 Å². The Morgan fingerprint density at radius 2 is 1.70 bits per heavy atom. The summed E-state index contributed by atoms with van der Waals surface area (Å²) in [5.74, 6) is 0.901. The zero-order valence-electron chi connectivity index (χ0n) is 16.6. The molecule has 0 atom stereocenters. The maximum Gasteiger partial charge on any atom is 0.243 e. The van der Waals surface area contributed by atoms with Crippen LogP contribution < -0.4 is 9.64 Å². The lowest BCUT2D eigenvalue weighted by Gasteiger charge is -2.32. The van der Waals surface area contributed by atoms with Gasteiger partial charge in [-0.15, -0.1) is 0 Å². The summed E-state index contributed by atoms with van der Waals surface area (Å²) in [5, 5.41) is 0. The highest BCUT2D eigenvalue weighted by atomic mass is 32.2. The molecule has 1 heterocycles. The van der Waals surface area contributed by atoms with Crippen molar-refractivity contribution in [3.63, 3.8) is 0 Å². The van der Waals surface area contributed by atoms with Crippen molar-refractivity contribution in [2.75, 3.05) is 33.3 Å². The summed E-state index contributed by atoms with van der Waals surface area (Å²) < 4.78 is 33.0. The van der Waals surface area contributed by atoms with Crippen LogP contribution in [0.15, 0.2) is 41.3 Å². The first kappa shape index (κ1) is 19.9. The highest BCUT2D eigenvalue weighted by molar-refractivity contribution is 7.89. The zero-order valence-corrected chi connectivity index (χ0v) is 17.4. The second-order valence-corrected chi connectivity index (χ2v) is 9.33. The Morgan fingerprint density at radius 1 is 1.00 bits per heavy atom. The molecular formula is C21H29N2O3S+. The van der Waals surface area contributed by atoms with Gasteiger partial charge in [0.1, 0.15) is 12.3 Å². The predicted octanol–water partition coefficient (Wildman–Crippen LogP) is 1.71. The summed E-state index contributed by atoms with van der Waals surface area (Å²) in [6.07, 6.45) is 0. The van der Waals surface area contributed by atoms with E-state index >= 15 is 0 Å². The number of aryl methyl sites for hydroxylation is 3. The number of quaternary nitrogens is 1. The molecule has 0 bridgehead atoms. The fourth-order valence-corrected chi connectivity index (χ4v) is 5.09. The van der Waals surface area contributed by atoms with Crippen LogP contribution in [0.2, 0.25) is 0 Å². The Morgan fingerprint density at radius 3 is 2.33 bits per heavy atom. The molecule has 1 saturated heterocycles. The number of nitrogens with zero attached hydrogens (tertiary/aromatic N) is 1. The van der Waals surface area contributed by atoms with Gasteiger partial charge in [0.2, 0.25) is 10.0 Å². The third-order valence-corrected chi connectivity index (χ3v) is 7.32. The van der Waals surface area contributed by atoms with Gasteiger partial charge in [0.05, 0.1) is 38.2 Å². The fourth-order valence-electron chi connectivity index (χ4n) is 3.56. The van der Waals surface area contributed by atoms with Gasteiger partial charge in [-0.05, 0) is 56.2 Å². The molecule has 2 aromatic carbocycles. The quantitative estimate of drug-likeness (QED) is 0.847. The number of sulfonamides is 1. The van der Waals surface area contributed by atoms with Gasteiger partial charge in [0.25, 0.3) is 0 Å². The molecule has 0 radical (unpaired) electrons. The van der Waals surface area contributed by atoms with E-state index in [9.17, 15) is 8.42 Å². The lowest BCUT2D eigenvalue weighted by molar-refractivity contribution is -0.917.